The van der Waals surface area contributed by atoms with Crippen LogP contribution in [0, 0.1) is 11.3 Å². The molecule has 0 saturated carbocycles. The fourth-order valence-corrected chi connectivity index (χ4v) is 2.88. The van der Waals surface area contributed by atoms with Crippen LogP contribution in [0.5, 0.6) is 5.75 Å². The van der Waals surface area contributed by atoms with Gasteiger partial charge in [0.05, 0.1) is 17.3 Å². The first-order chi connectivity index (χ1) is 11.1. The van der Waals surface area contributed by atoms with Crippen molar-refractivity contribution in [3.8, 4) is 5.75 Å². The van der Waals surface area contributed by atoms with Gasteiger partial charge in [0, 0.05) is 17.9 Å². The van der Waals surface area contributed by atoms with E-state index in [9.17, 15) is 5.11 Å². The highest BCUT2D eigenvalue weighted by atomic mass is 35.5. The number of halogens is 1. The summed E-state index contributed by atoms with van der Waals surface area (Å²) < 4.78 is 0. The van der Waals surface area contributed by atoms with Gasteiger partial charge in [-0.25, -0.2) is 0 Å². The molecule has 2 N–H and O–H groups in total. The monoisotopic (exact) mass is 327 g/mol. The van der Waals surface area contributed by atoms with E-state index in [0.717, 1.165) is 11.3 Å². The minimum Gasteiger partial charge on any atom is -0.506 e. The van der Waals surface area contributed by atoms with Gasteiger partial charge in [0.1, 0.15) is 11.6 Å². The number of hydrazone groups is 1. The summed E-state index contributed by atoms with van der Waals surface area (Å²) in [6.07, 6.45) is 0.534. The molecule has 0 saturated heterocycles. The molecule has 0 fully saturated rings. The zero-order valence-electron chi connectivity index (χ0n) is 12.8. The highest BCUT2D eigenvalue weighted by molar-refractivity contribution is 6.32. The van der Waals surface area contributed by atoms with Crippen molar-refractivity contribution in [2.24, 2.45) is 11.0 Å². The Kier molecular flexibility index (Phi) is 4.35. The smallest absolute Gasteiger partial charge is 0.143 e. The van der Waals surface area contributed by atoms with Gasteiger partial charge in [-0.3, -0.25) is 10.4 Å². The van der Waals surface area contributed by atoms with E-state index in [-0.39, 0.29) is 11.7 Å². The molecule has 118 valence electrons. The number of phenols is 1. The van der Waals surface area contributed by atoms with Crippen LogP contribution in [-0.2, 0) is 6.42 Å². The molecule has 1 atom stereocenters. The van der Waals surface area contributed by atoms with Crippen LogP contribution in [0.4, 0.5) is 0 Å². The number of hydrogen-bond donors (Lipinski definition) is 2. The molecule has 5 heteroatoms. The largest absolute Gasteiger partial charge is 0.506 e. The topological polar surface area (TPSA) is 59.7 Å². The summed E-state index contributed by atoms with van der Waals surface area (Å²) in [6, 6.07) is 15.1. The van der Waals surface area contributed by atoms with Crippen molar-refractivity contribution in [1.29, 1.82) is 5.41 Å². The van der Waals surface area contributed by atoms with Gasteiger partial charge < -0.3 is 5.11 Å². The molecule has 23 heavy (non-hydrogen) atoms. The van der Waals surface area contributed by atoms with E-state index >= 15 is 0 Å². The van der Waals surface area contributed by atoms with Gasteiger partial charge in [0.25, 0.3) is 0 Å². The Balaban J connectivity index is 1.82. The van der Waals surface area contributed by atoms with Gasteiger partial charge in [0.15, 0.2) is 0 Å². The molecule has 0 aliphatic carbocycles. The third-order valence-electron chi connectivity index (χ3n) is 3.93. The number of para-hydroxylation sites is 1. The lowest BCUT2D eigenvalue weighted by Gasteiger charge is -2.15. The van der Waals surface area contributed by atoms with Crippen LogP contribution in [0.25, 0.3) is 0 Å². The third kappa shape index (κ3) is 3.22. The van der Waals surface area contributed by atoms with Gasteiger partial charge in [-0.05, 0) is 17.7 Å². The molecule has 1 heterocycles. The Hall–Kier alpha value is -2.33. The van der Waals surface area contributed by atoms with E-state index in [1.54, 1.807) is 23.2 Å². The molecule has 1 unspecified atom stereocenters. The Labute approximate surface area is 140 Å². The molecule has 1 aliphatic heterocycles. The molecule has 4 nitrogen and oxygen atoms in total. The number of aromatic hydroxyl groups is 1. The highest BCUT2D eigenvalue weighted by Crippen LogP contribution is 2.31. The Morgan fingerprint density at radius 3 is 2.74 bits per heavy atom. The fraction of sp³-hybridized carbons (Fsp3) is 0.222. The first kappa shape index (κ1) is 15.6. The third-order valence-corrected chi connectivity index (χ3v) is 4.24. The number of hydrogen-bond acceptors (Lipinski definition) is 3. The van der Waals surface area contributed by atoms with Crippen LogP contribution in [0.1, 0.15) is 18.1 Å². The van der Waals surface area contributed by atoms with Gasteiger partial charge in [-0.2, -0.15) is 5.10 Å². The van der Waals surface area contributed by atoms with Crippen molar-refractivity contribution in [3.05, 3.63) is 64.7 Å². The van der Waals surface area contributed by atoms with Gasteiger partial charge in [-0.15, -0.1) is 0 Å². The molecule has 0 aromatic heterocycles. The van der Waals surface area contributed by atoms with Gasteiger partial charge in [0.2, 0.25) is 0 Å². The van der Waals surface area contributed by atoms with E-state index in [2.05, 4.69) is 5.10 Å². The molecule has 2 aromatic rings. The second kappa shape index (κ2) is 6.42. The van der Waals surface area contributed by atoms with Crippen LogP contribution in [0.15, 0.2) is 53.6 Å². The zero-order chi connectivity index (χ0) is 16.4. The quantitative estimate of drug-likeness (QED) is 0.663. The van der Waals surface area contributed by atoms with Crippen LogP contribution < -0.4 is 0 Å². The Morgan fingerprint density at radius 2 is 2.00 bits per heavy atom. The molecular weight excluding hydrogens is 310 g/mol. The molecule has 0 amide bonds. The van der Waals surface area contributed by atoms with E-state index in [1.807, 2.05) is 37.3 Å². The number of amidine groups is 1. The zero-order valence-corrected chi connectivity index (χ0v) is 13.6. The Bertz CT molecular complexity index is 758. The molecular formula is C18H18ClN3O. The summed E-state index contributed by atoms with van der Waals surface area (Å²) >= 11 is 5.99. The maximum atomic E-state index is 10.2. The summed E-state index contributed by atoms with van der Waals surface area (Å²) in [5.74, 6) is 0.617. The van der Waals surface area contributed by atoms with Crippen molar-refractivity contribution in [3.63, 3.8) is 0 Å². The second-order valence-corrected chi connectivity index (χ2v) is 6.12. The van der Waals surface area contributed by atoms with Crippen molar-refractivity contribution < 1.29 is 5.11 Å². The van der Waals surface area contributed by atoms with Crippen LogP contribution in [0.2, 0.25) is 5.02 Å². The average molecular weight is 328 g/mol. The summed E-state index contributed by atoms with van der Waals surface area (Å²) in [5.41, 5.74) is 2.49. The number of nitrogens with zero attached hydrogens (tertiary/aromatic N) is 2. The minimum absolute atomic E-state index is 0.0520. The predicted molar refractivity (Wildman–Crippen MR) is 93.4 cm³/mol. The molecule has 0 radical (unpaired) electrons. The molecule has 2 aromatic carbocycles. The normalized spacial score (nSPS) is 17.2. The van der Waals surface area contributed by atoms with E-state index < -0.39 is 0 Å². The summed E-state index contributed by atoms with van der Waals surface area (Å²) in [4.78, 5) is 0. The summed E-state index contributed by atoms with van der Waals surface area (Å²) in [5, 5.41) is 25.0. The van der Waals surface area contributed by atoms with Crippen molar-refractivity contribution in [1.82, 2.24) is 5.01 Å². The standard InChI is InChI=1S/C18H18ClN3O/c1-12-11-22(16(20)10-13-6-3-2-4-7-13)21-17(12)14-8-5-9-15(19)18(14)23/h2-9,12,20,23H,10-11H2,1H3. The molecule has 3 rings (SSSR count). The molecule has 0 bridgehead atoms. The van der Waals surface area contributed by atoms with Crippen LogP contribution >= 0.6 is 11.6 Å². The van der Waals surface area contributed by atoms with Crippen LogP contribution in [0.3, 0.4) is 0 Å². The van der Waals surface area contributed by atoms with Crippen molar-refractivity contribution in [2.75, 3.05) is 6.54 Å². The minimum atomic E-state index is 0.0520. The number of phenolic OH excluding ortho intramolecular Hbond substituents is 1. The van der Waals surface area contributed by atoms with E-state index in [0.29, 0.717) is 29.4 Å². The fourth-order valence-electron chi connectivity index (χ4n) is 2.71. The maximum absolute atomic E-state index is 10.2. The first-order valence-electron chi connectivity index (χ1n) is 7.51. The maximum Gasteiger partial charge on any atom is 0.143 e. The molecule has 0 spiro atoms. The number of rotatable bonds is 3. The second-order valence-electron chi connectivity index (χ2n) is 5.71. The lowest BCUT2D eigenvalue weighted by atomic mass is 9.98. The summed E-state index contributed by atoms with van der Waals surface area (Å²) in [6.45, 7) is 2.67. The van der Waals surface area contributed by atoms with Crippen LogP contribution in [-0.4, -0.2) is 28.2 Å². The first-order valence-corrected chi connectivity index (χ1v) is 7.89. The van der Waals surface area contributed by atoms with Gasteiger partial charge in [-0.1, -0.05) is 54.9 Å². The predicted octanol–water partition coefficient (Wildman–Crippen LogP) is 3.92. The number of nitrogens with one attached hydrogen (secondary N) is 1. The summed E-state index contributed by atoms with van der Waals surface area (Å²) in [7, 11) is 0. The lowest BCUT2D eigenvalue weighted by Crippen LogP contribution is -2.26. The average Bonchev–Trinajstić information content (AvgIpc) is 2.93. The van der Waals surface area contributed by atoms with E-state index in [4.69, 9.17) is 17.0 Å². The Morgan fingerprint density at radius 1 is 1.26 bits per heavy atom. The SMILES string of the molecule is CC1CN(C(=N)Cc2ccccc2)N=C1c1cccc(Cl)c1O. The molecule has 1 aliphatic rings. The van der Waals surface area contributed by atoms with Gasteiger partial charge >= 0.3 is 0 Å². The highest BCUT2D eigenvalue weighted by Gasteiger charge is 2.28. The van der Waals surface area contributed by atoms with Crippen molar-refractivity contribution >= 4 is 23.1 Å². The lowest BCUT2D eigenvalue weighted by molar-refractivity contribution is 0.446. The van der Waals surface area contributed by atoms with E-state index in [1.165, 1.54) is 0 Å². The number of benzene rings is 2. The van der Waals surface area contributed by atoms with Crippen molar-refractivity contribution in [2.45, 2.75) is 13.3 Å².